The SMILES string of the molecule is COCC(C)C1N=C(NC(C)C)NC1=O. The van der Waals surface area contributed by atoms with Crippen LogP contribution in [0.5, 0.6) is 0 Å². The summed E-state index contributed by atoms with van der Waals surface area (Å²) in [6.07, 6.45) is 0. The Morgan fingerprint density at radius 3 is 2.73 bits per heavy atom. The molecule has 1 heterocycles. The van der Waals surface area contributed by atoms with Gasteiger partial charge in [-0.25, -0.2) is 4.99 Å². The van der Waals surface area contributed by atoms with Crippen LogP contribution in [0, 0.1) is 5.92 Å². The molecule has 0 fully saturated rings. The maximum absolute atomic E-state index is 11.6. The van der Waals surface area contributed by atoms with Crippen LogP contribution in [0.3, 0.4) is 0 Å². The monoisotopic (exact) mass is 213 g/mol. The first kappa shape index (κ1) is 12.0. The van der Waals surface area contributed by atoms with Crippen molar-refractivity contribution in [1.29, 1.82) is 0 Å². The largest absolute Gasteiger partial charge is 0.384 e. The zero-order chi connectivity index (χ0) is 11.4. The summed E-state index contributed by atoms with van der Waals surface area (Å²) in [5, 5.41) is 5.80. The summed E-state index contributed by atoms with van der Waals surface area (Å²) in [4.78, 5) is 15.9. The van der Waals surface area contributed by atoms with Crippen molar-refractivity contribution in [1.82, 2.24) is 10.6 Å². The van der Waals surface area contributed by atoms with Crippen molar-refractivity contribution in [3.63, 3.8) is 0 Å². The second kappa shape index (κ2) is 5.11. The van der Waals surface area contributed by atoms with Crippen molar-refractivity contribution in [3.8, 4) is 0 Å². The van der Waals surface area contributed by atoms with E-state index in [4.69, 9.17) is 4.74 Å². The van der Waals surface area contributed by atoms with Crippen LogP contribution in [0.15, 0.2) is 4.99 Å². The van der Waals surface area contributed by atoms with Gasteiger partial charge in [-0.05, 0) is 13.8 Å². The molecular formula is C10H19N3O2. The number of carbonyl (C=O) groups is 1. The molecule has 15 heavy (non-hydrogen) atoms. The zero-order valence-electron chi connectivity index (χ0n) is 9.70. The number of ether oxygens (including phenoxy) is 1. The first-order valence-electron chi connectivity index (χ1n) is 5.18. The second-order valence-corrected chi connectivity index (χ2v) is 4.14. The molecule has 5 nitrogen and oxygen atoms in total. The Morgan fingerprint density at radius 1 is 1.53 bits per heavy atom. The van der Waals surface area contributed by atoms with E-state index in [2.05, 4.69) is 15.6 Å². The normalized spacial score (nSPS) is 22.6. The highest BCUT2D eigenvalue weighted by molar-refractivity contribution is 6.05. The maximum Gasteiger partial charge on any atom is 0.251 e. The van der Waals surface area contributed by atoms with E-state index in [1.165, 1.54) is 0 Å². The summed E-state index contributed by atoms with van der Waals surface area (Å²) < 4.78 is 5.01. The predicted octanol–water partition coefficient (Wildman–Crippen LogP) is 0.121. The average molecular weight is 213 g/mol. The van der Waals surface area contributed by atoms with Crippen molar-refractivity contribution in [2.24, 2.45) is 10.9 Å². The average Bonchev–Trinajstić information content (AvgIpc) is 2.46. The van der Waals surface area contributed by atoms with Crippen molar-refractivity contribution in [3.05, 3.63) is 0 Å². The smallest absolute Gasteiger partial charge is 0.251 e. The molecule has 0 bridgehead atoms. The van der Waals surface area contributed by atoms with E-state index < -0.39 is 0 Å². The van der Waals surface area contributed by atoms with Gasteiger partial charge in [0, 0.05) is 19.1 Å². The van der Waals surface area contributed by atoms with E-state index >= 15 is 0 Å². The molecule has 1 amide bonds. The molecule has 5 heteroatoms. The van der Waals surface area contributed by atoms with Gasteiger partial charge in [0.1, 0.15) is 6.04 Å². The first-order chi connectivity index (χ1) is 7.04. The molecule has 0 saturated carbocycles. The van der Waals surface area contributed by atoms with Gasteiger partial charge in [0.05, 0.1) is 6.61 Å². The molecule has 86 valence electrons. The highest BCUT2D eigenvalue weighted by Crippen LogP contribution is 2.11. The lowest BCUT2D eigenvalue weighted by atomic mass is 10.0. The lowest BCUT2D eigenvalue weighted by molar-refractivity contribution is -0.121. The molecule has 0 aromatic heterocycles. The van der Waals surface area contributed by atoms with E-state index in [1.807, 2.05) is 20.8 Å². The van der Waals surface area contributed by atoms with Gasteiger partial charge in [0.15, 0.2) is 5.96 Å². The molecule has 0 aromatic rings. The molecule has 1 rings (SSSR count). The molecule has 2 atom stereocenters. The molecule has 0 spiro atoms. The highest BCUT2D eigenvalue weighted by Gasteiger charge is 2.31. The Kier molecular flexibility index (Phi) is 4.08. The van der Waals surface area contributed by atoms with Crippen molar-refractivity contribution >= 4 is 11.9 Å². The number of hydrogen-bond acceptors (Lipinski definition) is 4. The number of nitrogens with one attached hydrogen (secondary N) is 2. The van der Waals surface area contributed by atoms with Crippen molar-refractivity contribution in [2.45, 2.75) is 32.9 Å². The van der Waals surface area contributed by atoms with E-state index in [0.29, 0.717) is 12.6 Å². The van der Waals surface area contributed by atoms with Crippen molar-refractivity contribution < 1.29 is 9.53 Å². The number of amides is 1. The number of nitrogens with zero attached hydrogens (tertiary/aromatic N) is 1. The molecular weight excluding hydrogens is 194 g/mol. The van der Waals surface area contributed by atoms with Gasteiger partial charge in [0.25, 0.3) is 5.91 Å². The van der Waals surface area contributed by atoms with Crippen LogP contribution in [-0.4, -0.2) is 37.7 Å². The predicted molar refractivity (Wildman–Crippen MR) is 58.7 cm³/mol. The Morgan fingerprint density at radius 2 is 2.20 bits per heavy atom. The maximum atomic E-state index is 11.6. The summed E-state index contributed by atoms with van der Waals surface area (Å²) >= 11 is 0. The van der Waals surface area contributed by atoms with Crippen molar-refractivity contribution in [2.75, 3.05) is 13.7 Å². The molecule has 0 aliphatic carbocycles. The summed E-state index contributed by atoms with van der Waals surface area (Å²) in [5.74, 6) is 0.618. The van der Waals surface area contributed by atoms with E-state index in [1.54, 1.807) is 7.11 Å². The fraction of sp³-hybridized carbons (Fsp3) is 0.800. The van der Waals surface area contributed by atoms with E-state index in [0.717, 1.165) is 0 Å². The molecule has 1 aliphatic heterocycles. The summed E-state index contributed by atoms with van der Waals surface area (Å²) in [7, 11) is 1.63. The van der Waals surface area contributed by atoms with Crippen LogP contribution >= 0.6 is 0 Å². The minimum atomic E-state index is -0.328. The molecule has 0 saturated heterocycles. The number of rotatable bonds is 4. The molecule has 2 unspecified atom stereocenters. The van der Waals surface area contributed by atoms with Gasteiger partial charge in [-0.15, -0.1) is 0 Å². The number of guanidine groups is 1. The minimum Gasteiger partial charge on any atom is -0.384 e. The van der Waals surface area contributed by atoms with Gasteiger partial charge in [-0.3, -0.25) is 10.1 Å². The molecule has 0 aromatic carbocycles. The van der Waals surface area contributed by atoms with Gasteiger partial charge >= 0.3 is 0 Å². The lowest BCUT2D eigenvalue weighted by Crippen LogP contribution is -2.41. The third-order valence-electron chi connectivity index (χ3n) is 2.17. The lowest BCUT2D eigenvalue weighted by Gasteiger charge is -2.12. The topological polar surface area (TPSA) is 62.7 Å². The Hall–Kier alpha value is -1.10. The number of carbonyl (C=O) groups excluding carboxylic acids is 1. The molecule has 2 N–H and O–H groups in total. The number of aliphatic imine (C=N–C) groups is 1. The third-order valence-corrected chi connectivity index (χ3v) is 2.17. The number of hydrogen-bond donors (Lipinski definition) is 2. The van der Waals surface area contributed by atoms with Gasteiger partial charge in [-0.1, -0.05) is 6.92 Å². The summed E-state index contributed by atoms with van der Waals surface area (Å²) in [6, 6.07) is -0.0632. The van der Waals surface area contributed by atoms with Gasteiger partial charge in [-0.2, -0.15) is 0 Å². The van der Waals surface area contributed by atoms with Gasteiger partial charge < -0.3 is 10.1 Å². The summed E-state index contributed by atoms with van der Waals surface area (Å²) in [5.41, 5.74) is 0. The summed E-state index contributed by atoms with van der Waals surface area (Å²) in [6.45, 7) is 6.49. The zero-order valence-corrected chi connectivity index (χ0v) is 9.70. The fourth-order valence-corrected chi connectivity index (χ4v) is 1.51. The molecule has 0 radical (unpaired) electrons. The van der Waals surface area contributed by atoms with Gasteiger partial charge in [0.2, 0.25) is 0 Å². The van der Waals surface area contributed by atoms with Crippen LogP contribution < -0.4 is 10.6 Å². The van der Waals surface area contributed by atoms with Crippen LogP contribution in [0.4, 0.5) is 0 Å². The third kappa shape index (κ3) is 3.20. The quantitative estimate of drug-likeness (QED) is 0.697. The number of methoxy groups -OCH3 is 1. The van der Waals surface area contributed by atoms with Crippen LogP contribution in [0.1, 0.15) is 20.8 Å². The first-order valence-corrected chi connectivity index (χ1v) is 5.18. The highest BCUT2D eigenvalue weighted by atomic mass is 16.5. The standard InChI is InChI=1S/C10H19N3O2/c1-6(2)11-10-12-8(9(14)13-10)7(3)5-15-4/h6-8H,5H2,1-4H3,(H2,11,12,13,14). The molecule has 1 aliphatic rings. The Bertz CT molecular complexity index is 263. The van der Waals surface area contributed by atoms with E-state index in [9.17, 15) is 4.79 Å². The fourth-order valence-electron chi connectivity index (χ4n) is 1.51. The van der Waals surface area contributed by atoms with E-state index in [-0.39, 0.29) is 23.9 Å². The Labute approximate surface area is 90.3 Å². The Balaban J connectivity index is 2.58. The van der Waals surface area contributed by atoms with Crippen LogP contribution in [0.25, 0.3) is 0 Å². The van der Waals surface area contributed by atoms with Crippen LogP contribution in [-0.2, 0) is 9.53 Å². The minimum absolute atomic E-state index is 0.0531. The second-order valence-electron chi connectivity index (χ2n) is 4.14. The van der Waals surface area contributed by atoms with Crippen LogP contribution in [0.2, 0.25) is 0 Å².